The summed E-state index contributed by atoms with van der Waals surface area (Å²) >= 11 is 0. The van der Waals surface area contributed by atoms with Gasteiger partial charge < -0.3 is 14.5 Å². The summed E-state index contributed by atoms with van der Waals surface area (Å²) < 4.78 is 5.96. The van der Waals surface area contributed by atoms with Gasteiger partial charge in [0, 0.05) is 50.5 Å². The van der Waals surface area contributed by atoms with Gasteiger partial charge in [-0.2, -0.15) is 5.26 Å². The van der Waals surface area contributed by atoms with Crippen molar-refractivity contribution in [1.82, 2.24) is 9.80 Å². The summed E-state index contributed by atoms with van der Waals surface area (Å²) in [5.74, 6) is 2.98. The number of carbonyl (C=O) groups excluding carboxylic acids is 1. The van der Waals surface area contributed by atoms with E-state index in [4.69, 9.17) is 4.74 Å². The zero-order valence-corrected chi connectivity index (χ0v) is 17.1. The molecule has 5 heteroatoms. The minimum atomic E-state index is 0.185. The monoisotopic (exact) mass is 381 g/mol. The van der Waals surface area contributed by atoms with Crippen LogP contribution in [-0.4, -0.2) is 55.0 Å². The summed E-state index contributed by atoms with van der Waals surface area (Å²) in [4.78, 5) is 16.1. The number of hydrogen-bond acceptors (Lipinski definition) is 4. The van der Waals surface area contributed by atoms with Crippen molar-refractivity contribution in [1.29, 1.82) is 5.26 Å². The Morgan fingerprint density at radius 1 is 1.29 bits per heavy atom. The van der Waals surface area contributed by atoms with Crippen molar-refractivity contribution in [2.45, 2.75) is 51.0 Å². The number of rotatable bonds is 4. The molecule has 2 atom stereocenters. The summed E-state index contributed by atoms with van der Waals surface area (Å²) in [6, 6.07) is 8.54. The van der Waals surface area contributed by atoms with Crippen molar-refractivity contribution in [2.75, 3.05) is 33.3 Å². The minimum absolute atomic E-state index is 0.185. The molecule has 2 aliphatic heterocycles. The molecule has 0 N–H and O–H groups in total. The van der Waals surface area contributed by atoms with Crippen LogP contribution in [-0.2, 0) is 4.79 Å². The average molecular weight is 382 g/mol. The van der Waals surface area contributed by atoms with Gasteiger partial charge in [-0.15, -0.1) is 0 Å². The fourth-order valence-corrected chi connectivity index (χ4v) is 5.34. The van der Waals surface area contributed by atoms with Gasteiger partial charge in [0.25, 0.3) is 0 Å². The quantitative estimate of drug-likeness (QED) is 0.802. The molecule has 1 amide bonds. The van der Waals surface area contributed by atoms with Crippen LogP contribution < -0.4 is 4.74 Å². The van der Waals surface area contributed by atoms with Crippen molar-refractivity contribution in [3.8, 4) is 11.8 Å². The normalized spacial score (nSPS) is 29.3. The molecule has 1 saturated heterocycles. The Kier molecular flexibility index (Phi) is 5.59. The molecule has 0 unspecified atom stereocenters. The predicted octanol–water partition coefficient (Wildman–Crippen LogP) is 3.39. The first-order valence-electron chi connectivity index (χ1n) is 10.7. The predicted molar refractivity (Wildman–Crippen MR) is 108 cm³/mol. The highest BCUT2D eigenvalue weighted by atomic mass is 16.5. The molecule has 28 heavy (non-hydrogen) atoms. The van der Waals surface area contributed by atoms with E-state index in [0.29, 0.717) is 17.9 Å². The first-order valence-corrected chi connectivity index (χ1v) is 10.7. The van der Waals surface area contributed by atoms with Crippen LogP contribution in [0, 0.1) is 23.2 Å². The topological polar surface area (TPSA) is 56.6 Å². The van der Waals surface area contributed by atoms with Gasteiger partial charge in [-0.05, 0) is 62.8 Å². The van der Waals surface area contributed by atoms with Crippen LogP contribution in [0.5, 0.6) is 5.75 Å². The van der Waals surface area contributed by atoms with Gasteiger partial charge in [0.2, 0.25) is 5.91 Å². The van der Waals surface area contributed by atoms with E-state index in [1.165, 1.54) is 24.8 Å². The van der Waals surface area contributed by atoms with Gasteiger partial charge in [0.05, 0.1) is 18.2 Å². The third kappa shape index (κ3) is 3.89. The summed E-state index contributed by atoms with van der Waals surface area (Å²) in [5, 5.41) is 9.22. The van der Waals surface area contributed by atoms with Crippen LogP contribution >= 0.6 is 0 Å². The van der Waals surface area contributed by atoms with Crippen molar-refractivity contribution < 1.29 is 9.53 Å². The number of carbonyl (C=O) groups is 1. The molecule has 1 aromatic carbocycles. The average Bonchev–Trinajstić information content (AvgIpc) is 3.15. The highest BCUT2D eigenvalue weighted by molar-refractivity contribution is 5.73. The van der Waals surface area contributed by atoms with E-state index in [0.717, 1.165) is 56.3 Å². The van der Waals surface area contributed by atoms with Crippen LogP contribution in [0.2, 0.25) is 0 Å². The second kappa shape index (κ2) is 8.13. The largest absolute Gasteiger partial charge is 0.493 e. The number of ether oxygens (including phenoxy) is 1. The maximum Gasteiger partial charge on any atom is 0.219 e. The zero-order chi connectivity index (χ0) is 19.7. The van der Waals surface area contributed by atoms with Gasteiger partial charge in [0.1, 0.15) is 5.75 Å². The van der Waals surface area contributed by atoms with E-state index in [1.807, 2.05) is 30.1 Å². The maximum absolute atomic E-state index is 11.6. The molecule has 0 spiro atoms. The number of hydrogen-bond donors (Lipinski definition) is 0. The molecule has 5 nitrogen and oxygen atoms in total. The maximum atomic E-state index is 11.6. The minimum Gasteiger partial charge on any atom is -0.493 e. The lowest BCUT2D eigenvalue weighted by molar-refractivity contribution is -0.130. The van der Waals surface area contributed by atoms with Crippen LogP contribution in [0.1, 0.15) is 56.1 Å². The molecular formula is C23H31N3O2. The van der Waals surface area contributed by atoms with E-state index >= 15 is 0 Å². The number of benzene rings is 1. The molecular weight excluding hydrogens is 350 g/mol. The highest BCUT2D eigenvalue weighted by Gasteiger charge is 2.39. The molecule has 0 radical (unpaired) electrons. The smallest absolute Gasteiger partial charge is 0.219 e. The molecule has 2 heterocycles. The van der Waals surface area contributed by atoms with Gasteiger partial charge >= 0.3 is 0 Å². The summed E-state index contributed by atoms with van der Waals surface area (Å²) in [5.41, 5.74) is 1.96. The Hall–Kier alpha value is -2.06. The van der Waals surface area contributed by atoms with Crippen molar-refractivity contribution in [3.05, 3.63) is 29.3 Å². The summed E-state index contributed by atoms with van der Waals surface area (Å²) in [6.45, 7) is 5.79. The molecule has 150 valence electrons. The lowest BCUT2D eigenvalue weighted by Gasteiger charge is -2.34. The lowest BCUT2D eigenvalue weighted by Crippen LogP contribution is -2.38. The number of fused-ring (bicyclic) bond motifs is 3. The van der Waals surface area contributed by atoms with Crippen LogP contribution in [0.4, 0.5) is 0 Å². The van der Waals surface area contributed by atoms with Crippen molar-refractivity contribution in [2.24, 2.45) is 11.8 Å². The molecule has 1 aliphatic carbocycles. The zero-order valence-electron chi connectivity index (χ0n) is 17.1. The lowest BCUT2D eigenvalue weighted by atomic mass is 9.83. The SMILES string of the molecule is CC(=O)N(C)C1CCC(CCN2C[C@H]3COc4ccc(C#N)cc4[C@@H]3C2)CC1. The first-order chi connectivity index (χ1) is 13.5. The molecule has 4 rings (SSSR count). The Labute approximate surface area is 168 Å². The van der Waals surface area contributed by atoms with Crippen LogP contribution in [0.15, 0.2) is 18.2 Å². The second-order valence-electron chi connectivity index (χ2n) is 8.89. The molecule has 1 aromatic rings. The van der Waals surface area contributed by atoms with E-state index in [9.17, 15) is 10.1 Å². The number of nitriles is 1. The molecule has 3 aliphatic rings. The van der Waals surface area contributed by atoms with E-state index in [2.05, 4.69) is 11.0 Å². The van der Waals surface area contributed by atoms with Gasteiger partial charge in [-0.25, -0.2) is 0 Å². The van der Waals surface area contributed by atoms with Crippen LogP contribution in [0.3, 0.4) is 0 Å². The van der Waals surface area contributed by atoms with Gasteiger partial charge in [-0.3, -0.25) is 4.79 Å². The second-order valence-corrected chi connectivity index (χ2v) is 8.89. The Morgan fingerprint density at radius 2 is 2.07 bits per heavy atom. The van der Waals surface area contributed by atoms with E-state index < -0.39 is 0 Å². The number of nitrogens with zero attached hydrogens (tertiary/aromatic N) is 3. The molecule has 1 saturated carbocycles. The third-order valence-corrected chi connectivity index (χ3v) is 7.22. The summed E-state index contributed by atoms with van der Waals surface area (Å²) in [7, 11) is 1.94. The third-order valence-electron chi connectivity index (χ3n) is 7.22. The van der Waals surface area contributed by atoms with Gasteiger partial charge in [0.15, 0.2) is 0 Å². The van der Waals surface area contributed by atoms with E-state index in [-0.39, 0.29) is 5.91 Å². The van der Waals surface area contributed by atoms with Crippen molar-refractivity contribution in [3.63, 3.8) is 0 Å². The Balaban J connectivity index is 1.29. The Morgan fingerprint density at radius 3 is 2.79 bits per heavy atom. The first kappa shape index (κ1) is 19.3. The molecule has 0 aromatic heterocycles. The van der Waals surface area contributed by atoms with E-state index in [1.54, 1.807) is 6.92 Å². The number of amides is 1. The highest BCUT2D eigenvalue weighted by Crippen LogP contribution is 2.42. The molecule has 0 bridgehead atoms. The van der Waals surface area contributed by atoms with Crippen LogP contribution in [0.25, 0.3) is 0 Å². The fourth-order valence-electron chi connectivity index (χ4n) is 5.34. The summed E-state index contributed by atoms with van der Waals surface area (Å²) in [6.07, 6.45) is 6.01. The Bertz CT molecular complexity index is 764. The number of likely N-dealkylation sites (tertiary alicyclic amines) is 1. The molecule has 2 fully saturated rings. The van der Waals surface area contributed by atoms with Gasteiger partial charge in [-0.1, -0.05) is 0 Å². The fraction of sp³-hybridized carbons (Fsp3) is 0.652. The van der Waals surface area contributed by atoms with Crippen molar-refractivity contribution >= 4 is 5.91 Å². The standard InChI is InChI=1S/C23H31N3O2/c1-16(27)25(2)20-6-3-17(4-7-20)9-10-26-13-19-15-28-23-8-5-18(12-24)11-21(23)22(19)14-26/h5,8,11,17,19-20,22H,3-4,6-7,9-10,13-15H2,1-2H3/t17?,19-,20?,22+/m0/s1.